The number of amides is 1. The summed E-state index contributed by atoms with van der Waals surface area (Å²) in [7, 11) is 0. The lowest BCUT2D eigenvalue weighted by atomic mass is 10.1. The Bertz CT molecular complexity index is 581. The van der Waals surface area contributed by atoms with Crippen LogP contribution in [0.1, 0.15) is 18.1 Å². The molecule has 19 heavy (non-hydrogen) atoms. The van der Waals surface area contributed by atoms with E-state index in [-0.39, 0.29) is 5.69 Å². The van der Waals surface area contributed by atoms with Crippen LogP contribution in [-0.2, 0) is 11.0 Å². The van der Waals surface area contributed by atoms with Gasteiger partial charge in [0.15, 0.2) is 0 Å². The van der Waals surface area contributed by atoms with Gasteiger partial charge in [-0.15, -0.1) is 0 Å². The number of carbonyl (C=O) groups excluding carboxylic acids is 1. The average Bonchev–Trinajstić information content (AvgIpc) is 2.36. The van der Waals surface area contributed by atoms with Crippen LogP contribution in [0, 0.1) is 28.6 Å². The first kappa shape index (κ1) is 14.5. The van der Waals surface area contributed by atoms with Crippen molar-refractivity contribution in [3.05, 3.63) is 29.3 Å². The van der Waals surface area contributed by atoms with Crippen LogP contribution in [0.4, 0.5) is 18.9 Å². The van der Waals surface area contributed by atoms with Crippen LogP contribution in [-0.4, -0.2) is 5.91 Å². The fourth-order valence-electron chi connectivity index (χ4n) is 1.26. The van der Waals surface area contributed by atoms with E-state index in [1.54, 1.807) is 6.07 Å². The fraction of sp³-hybridized carbons (Fsp3) is 0.250. The molecule has 0 bridgehead atoms. The number of halogens is 3. The van der Waals surface area contributed by atoms with Crippen LogP contribution in [0.25, 0.3) is 0 Å². The summed E-state index contributed by atoms with van der Waals surface area (Å²) < 4.78 is 38.0. The molecule has 1 aromatic rings. The van der Waals surface area contributed by atoms with Gasteiger partial charge >= 0.3 is 6.18 Å². The summed E-state index contributed by atoms with van der Waals surface area (Å²) in [6.07, 6.45) is -4.69. The molecule has 1 amide bonds. The molecule has 0 aliphatic rings. The van der Waals surface area contributed by atoms with E-state index in [1.165, 1.54) is 19.1 Å². The van der Waals surface area contributed by atoms with Crippen LogP contribution in [0.3, 0.4) is 0 Å². The molecule has 1 atom stereocenters. The summed E-state index contributed by atoms with van der Waals surface area (Å²) >= 11 is 0. The molecular formula is C12H8F3N3O. The lowest BCUT2D eigenvalue weighted by Gasteiger charge is -2.12. The molecule has 0 aliphatic heterocycles. The zero-order valence-corrected chi connectivity index (χ0v) is 9.75. The highest BCUT2D eigenvalue weighted by atomic mass is 19.4. The maximum Gasteiger partial charge on any atom is 0.417 e. The Morgan fingerprint density at radius 1 is 1.37 bits per heavy atom. The minimum absolute atomic E-state index is 0.113. The van der Waals surface area contributed by atoms with E-state index in [2.05, 4.69) is 5.32 Å². The highest BCUT2D eigenvalue weighted by Crippen LogP contribution is 2.33. The van der Waals surface area contributed by atoms with Crippen molar-refractivity contribution in [1.82, 2.24) is 0 Å². The topological polar surface area (TPSA) is 76.7 Å². The molecule has 0 heterocycles. The smallest absolute Gasteiger partial charge is 0.325 e. The van der Waals surface area contributed by atoms with Gasteiger partial charge in [-0.25, -0.2) is 0 Å². The highest BCUT2D eigenvalue weighted by molar-refractivity contribution is 5.94. The summed E-state index contributed by atoms with van der Waals surface area (Å²) in [5.74, 6) is -1.69. The molecule has 0 saturated carbocycles. The fourth-order valence-corrected chi connectivity index (χ4v) is 1.26. The van der Waals surface area contributed by atoms with E-state index in [9.17, 15) is 18.0 Å². The average molecular weight is 267 g/mol. The van der Waals surface area contributed by atoms with Crippen LogP contribution >= 0.6 is 0 Å². The summed E-state index contributed by atoms with van der Waals surface area (Å²) in [6, 6.07) is 5.91. The molecule has 1 rings (SSSR count). The molecule has 0 saturated heterocycles. The molecule has 1 unspecified atom stereocenters. The van der Waals surface area contributed by atoms with Crippen molar-refractivity contribution in [1.29, 1.82) is 10.5 Å². The molecule has 4 nitrogen and oxygen atoms in total. The third kappa shape index (κ3) is 3.46. The largest absolute Gasteiger partial charge is 0.417 e. The van der Waals surface area contributed by atoms with Crippen molar-refractivity contribution in [2.45, 2.75) is 13.1 Å². The number of nitrogens with zero attached hydrogens (tertiary/aromatic N) is 2. The number of alkyl halides is 3. The second-order valence-electron chi connectivity index (χ2n) is 3.71. The molecule has 0 aromatic heterocycles. The molecule has 0 spiro atoms. The molecule has 0 aliphatic carbocycles. The first-order valence-electron chi connectivity index (χ1n) is 5.11. The summed E-state index contributed by atoms with van der Waals surface area (Å²) in [5, 5.41) is 19.3. The predicted molar refractivity (Wildman–Crippen MR) is 59.6 cm³/mol. The molecule has 98 valence electrons. The minimum Gasteiger partial charge on any atom is -0.325 e. The van der Waals surface area contributed by atoms with E-state index in [0.717, 1.165) is 6.07 Å². The van der Waals surface area contributed by atoms with Crippen molar-refractivity contribution in [2.75, 3.05) is 5.32 Å². The van der Waals surface area contributed by atoms with Gasteiger partial charge < -0.3 is 5.32 Å². The molecule has 1 N–H and O–H groups in total. The van der Waals surface area contributed by atoms with Crippen molar-refractivity contribution in [3.63, 3.8) is 0 Å². The Kier molecular flexibility index (Phi) is 4.13. The minimum atomic E-state index is -4.69. The number of nitrogens with one attached hydrogen (secondary N) is 1. The Labute approximate surface area is 107 Å². The Morgan fingerprint density at radius 3 is 2.47 bits per heavy atom. The third-order valence-corrected chi connectivity index (χ3v) is 2.30. The van der Waals surface area contributed by atoms with E-state index in [0.29, 0.717) is 6.07 Å². The van der Waals surface area contributed by atoms with Crippen LogP contribution in [0.15, 0.2) is 18.2 Å². The maximum atomic E-state index is 12.7. The third-order valence-electron chi connectivity index (χ3n) is 2.30. The standard InChI is InChI=1S/C12H8F3N3O/c1-7(5-16)11(19)18-9-3-2-8(6-17)10(4-9)12(13,14)15/h2-4,7H,1H3,(H,18,19). The normalized spacial score (nSPS) is 12.1. The molecule has 7 heteroatoms. The van der Waals surface area contributed by atoms with Gasteiger partial charge in [-0.05, 0) is 25.1 Å². The summed E-state index contributed by atoms with van der Waals surface area (Å²) in [4.78, 5) is 11.4. The first-order chi connectivity index (χ1) is 8.79. The van der Waals surface area contributed by atoms with Crippen molar-refractivity contribution in [2.24, 2.45) is 5.92 Å². The van der Waals surface area contributed by atoms with E-state index >= 15 is 0 Å². The number of rotatable bonds is 2. The molecule has 1 aromatic carbocycles. The number of carbonyl (C=O) groups is 1. The Hall–Kier alpha value is -2.54. The van der Waals surface area contributed by atoms with Crippen molar-refractivity contribution < 1.29 is 18.0 Å². The summed E-state index contributed by atoms with van der Waals surface area (Å²) in [6.45, 7) is 1.32. The highest BCUT2D eigenvalue weighted by Gasteiger charge is 2.34. The summed E-state index contributed by atoms with van der Waals surface area (Å²) in [5.41, 5.74) is -1.77. The monoisotopic (exact) mass is 267 g/mol. The van der Waals surface area contributed by atoms with Gasteiger partial charge in [-0.2, -0.15) is 23.7 Å². The van der Waals surface area contributed by atoms with Gasteiger partial charge in [0, 0.05) is 5.69 Å². The van der Waals surface area contributed by atoms with Gasteiger partial charge in [0.2, 0.25) is 5.91 Å². The quantitative estimate of drug-likeness (QED) is 0.894. The number of hydrogen-bond donors (Lipinski definition) is 1. The van der Waals surface area contributed by atoms with Gasteiger partial charge in [0.05, 0.1) is 23.3 Å². The number of hydrogen-bond acceptors (Lipinski definition) is 3. The number of nitriles is 2. The van der Waals surface area contributed by atoms with Gasteiger partial charge in [-0.3, -0.25) is 4.79 Å². The molecule has 0 radical (unpaired) electrons. The second-order valence-corrected chi connectivity index (χ2v) is 3.71. The second kappa shape index (κ2) is 5.40. The molecule has 0 fully saturated rings. The molecular weight excluding hydrogens is 259 g/mol. The predicted octanol–water partition coefficient (Wildman–Crippen LogP) is 2.68. The maximum absolute atomic E-state index is 12.7. The van der Waals surface area contributed by atoms with Crippen LogP contribution in [0.5, 0.6) is 0 Å². The van der Waals surface area contributed by atoms with Gasteiger partial charge in [0.25, 0.3) is 0 Å². The Morgan fingerprint density at radius 2 is 2.00 bits per heavy atom. The number of anilines is 1. The van der Waals surface area contributed by atoms with Crippen molar-refractivity contribution in [3.8, 4) is 12.1 Å². The Balaban J connectivity index is 3.11. The van der Waals surface area contributed by atoms with Crippen LogP contribution < -0.4 is 5.32 Å². The van der Waals surface area contributed by atoms with Gasteiger partial charge in [-0.1, -0.05) is 0 Å². The zero-order valence-electron chi connectivity index (χ0n) is 9.75. The van der Waals surface area contributed by atoms with Crippen LogP contribution in [0.2, 0.25) is 0 Å². The van der Waals surface area contributed by atoms with E-state index in [4.69, 9.17) is 10.5 Å². The van der Waals surface area contributed by atoms with E-state index < -0.39 is 29.1 Å². The van der Waals surface area contributed by atoms with E-state index in [1.807, 2.05) is 0 Å². The first-order valence-corrected chi connectivity index (χ1v) is 5.11. The zero-order chi connectivity index (χ0) is 14.6. The lowest BCUT2D eigenvalue weighted by Crippen LogP contribution is -2.19. The number of benzene rings is 1. The SMILES string of the molecule is CC(C#N)C(=O)Nc1ccc(C#N)c(C(F)(F)F)c1. The van der Waals surface area contributed by atoms with Gasteiger partial charge in [0.1, 0.15) is 5.92 Å². The van der Waals surface area contributed by atoms with Crippen molar-refractivity contribution >= 4 is 11.6 Å². The lowest BCUT2D eigenvalue weighted by molar-refractivity contribution is -0.137.